The topological polar surface area (TPSA) is 98.0 Å². The van der Waals surface area contributed by atoms with Crippen LogP contribution < -0.4 is 10.5 Å². The average molecular weight is 343 g/mol. The van der Waals surface area contributed by atoms with Gasteiger partial charge >= 0.3 is 0 Å². The Labute approximate surface area is 119 Å². The third-order valence-electron chi connectivity index (χ3n) is 2.37. The fourth-order valence-electron chi connectivity index (χ4n) is 1.42. The number of halogens is 1. The van der Waals surface area contributed by atoms with Crippen LogP contribution in [-0.2, 0) is 16.6 Å². The van der Waals surface area contributed by atoms with Crippen LogP contribution in [0.3, 0.4) is 0 Å². The highest BCUT2D eigenvalue weighted by Gasteiger charge is 2.10. The zero-order chi connectivity index (χ0) is 13.9. The zero-order valence-electron chi connectivity index (χ0n) is 9.75. The summed E-state index contributed by atoms with van der Waals surface area (Å²) in [7, 11) is -3.69. The third-order valence-corrected chi connectivity index (χ3v) is 3.94. The molecule has 1 aromatic heterocycles. The Bertz CT molecular complexity index is 676. The van der Waals surface area contributed by atoms with Crippen LogP contribution in [0.15, 0.2) is 46.2 Å². The summed E-state index contributed by atoms with van der Waals surface area (Å²) in [6, 6.07) is 6.34. The van der Waals surface area contributed by atoms with Crippen molar-refractivity contribution in [1.82, 2.24) is 9.97 Å². The number of hydrogen-bond acceptors (Lipinski definition) is 5. The lowest BCUT2D eigenvalue weighted by Gasteiger charge is -2.09. The largest absolute Gasteiger partial charge is 0.378 e. The average Bonchev–Trinajstić information content (AvgIpc) is 2.37. The molecule has 0 spiro atoms. The minimum atomic E-state index is -3.69. The van der Waals surface area contributed by atoms with Crippen LogP contribution in [0.1, 0.15) is 5.69 Å². The maximum atomic E-state index is 11.2. The molecule has 1 aromatic carbocycles. The molecule has 0 aliphatic carbocycles. The Balaban J connectivity index is 2.14. The van der Waals surface area contributed by atoms with Gasteiger partial charge in [0.15, 0.2) is 0 Å². The number of nitrogens with zero attached hydrogens (tertiary/aromatic N) is 2. The molecular weight excluding hydrogens is 332 g/mol. The van der Waals surface area contributed by atoms with Crippen molar-refractivity contribution in [2.75, 3.05) is 5.32 Å². The first-order valence-corrected chi connectivity index (χ1v) is 7.62. The van der Waals surface area contributed by atoms with Crippen LogP contribution in [0.4, 0.5) is 5.69 Å². The zero-order valence-corrected chi connectivity index (χ0v) is 12.1. The number of anilines is 1. The number of sulfonamides is 1. The highest BCUT2D eigenvalue weighted by molar-refractivity contribution is 9.10. The van der Waals surface area contributed by atoms with Gasteiger partial charge in [-0.25, -0.2) is 23.5 Å². The first-order valence-electron chi connectivity index (χ1n) is 5.28. The van der Waals surface area contributed by atoms with Gasteiger partial charge < -0.3 is 5.32 Å². The number of benzene rings is 1. The lowest BCUT2D eigenvalue weighted by molar-refractivity contribution is 0.598. The van der Waals surface area contributed by atoms with Crippen LogP contribution in [0.2, 0.25) is 0 Å². The lowest BCUT2D eigenvalue weighted by atomic mass is 10.3. The normalized spacial score (nSPS) is 11.3. The van der Waals surface area contributed by atoms with E-state index in [1.807, 2.05) is 0 Å². The van der Waals surface area contributed by atoms with Gasteiger partial charge in [-0.2, -0.15) is 0 Å². The van der Waals surface area contributed by atoms with Gasteiger partial charge in [-0.05, 0) is 40.2 Å². The third kappa shape index (κ3) is 3.72. The molecule has 2 rings (SSSR count). The van der Waals surface area contributed by atoms with Crippen LogP contribution in [-0.4, -0.2) is 18.4 Å². The number of nitrogens with one attached hydrogen (secondary N) is 1. The van der Waals surface area contributed by atoms with Crippen LogP contribution in [0.25, 0.3) is 0 Å². The van der Waals surface area contributed by atoms with Crippen molar-refractivity contribution in [2.24, 2.45) is 5.14 Å². The number of rotatable bonds is 4. The van der Waals surface area contributed by atoms with Crippen molar-refractivity contribution in [3.63, 3.8) is 0 Å². The van der Waals surface area contributed by atoms with Gasteiger partial charge in [-0.15, -0.1) is 0 Å². The molecule has 6 nitrogen and oxygen atoms in total. The van der Waals surface area contributed by atoms with Crippen molar-refractivity contribution in [2.45, 2.75) is 11.4 Å². The molecule has 0 aliphatic heterocycles. The number of hydrogen-bond donors (Lipinski definition) is 2. The van der Waals surface area contributed by atoms with Crippen LogP contribution in [0, 0.1) is 0 Å². The Morgan fingerprint density at radius 3 is 2.68 bits per heavy atom. The van der Waals surface area contributed by atoms with E-state index >= 15 is 0 Å². The smallest absolute Gasteiger partial charge is 0.238 e. The maximum Gasteiger partial charge on any atom is 0.238 e. The summed E-state index contributed by atoms with van der Waals surface area (Å²) in [4.78, 5) is 7.97. The fourth-order valence-corrected chi connectivity index (χ4v) is 2.63. The molecule has 0 saturated heterocycles. The standard InChI is InChI=1S/C11H11BrN4O2S/c12-10-5-9(19(13,17)18)1-2-11(10)15-6-8-3-4-14-7-16-8/h1-5,7,15H,6H2,(H2,13,17,18). The predicted octanol–water partition coefficient (Wildman–Crippen LogP) is 1.50. The van der Waals surface area contributed by atoms with E-state index in [0.717, 1.165) is 11.4 Å². The lowest BCUT2D eigenvalue weighted by Crippen LogP contribution is -2.12. The van der Waals surface area contributed by atoms with E-state index in [1.54, 1.807) is 18.3 Å². The minimum absolute atomic E-state index is 0.0620. The molecule has 0 bridgehead atoms. The minimum Gasteiger partial charge on any atom is -0.378 e. The number of primary sulfonamides is 1. The highest BCUT2D eigenvalue weighted by atomic mass is 79.9. The summed E-state index contributed by atoms with van der Waals surface area (Å²) in [6.45, 7) is 0.510. The van der Waals surface area contributed by atoms with Crippen molar-refractivity contribution in [3.8, 4) is 0 Å². The summed E-state index contributed by atoms with van der Waals surface area (Å²) in [5.41, 5.74) is 1.59. The van der Waals surface area contributed by atoms with Gasteiger partial charge in [0.2, 0.25) is 10.0 Å². The molecule has 19 heavy (non-hydrogen) atoms. The summed E-state index contributed by atoms with van der Waals surface area (Å²) >= 11 is 3.30. The molecule has 0 radical (unpaired) electrons. The van der Waals surface area contributed by atoms with E-state index in [4.69, 9.17) is 5.14 Å². The second-order valence-corrected chi connectivity index (χ2v) is 6.16. The Morgan fingerprint density at radius 2 is 2.11 bits per heavy atom. The molecule has 0 fully saturated rings. The molecule has 100 valence electrons. The van der Waals surface area contributed by atoms with Crippen LogP contribution in [0.5, 0.6) is 0 Å². The molecule has 3 N–H and O–H groups in total. The van der Waals surface area contributed by atoms with E-state index in [0.29, 0.717) is 11.0 Å². The monoisotopic (exact) mass is 342 g/mol. The molecular formula is C11H11BrN4O2S. The SMILES string of the molecule is NS(=O)(=O)c1ccc(NCc2ccncn2)c(Br)c1. The van der Waals surface area contributed by atoms with Gasteiger partial charge in [-0.1, -0.05) is 0 Å². The van der Waals surface area contributed by atoms with Gasteiger partial charge in [0.1, 0.15) is 6.33 Å². The molecule has 0 saturated carbocycles. The Hall–Kier alpha value is -1.51. The van der Waals surface area contributed by atoms with Crippen LogP contribution >= 0.6 is 15.9 Å². The molecule has 0 unspecified atom stereocenters. The predicted molar refractivity (Wildman–Crippen MR) is 74.9 cm³/mol. The van der Waals surface area contributed by atoms with Gasteiger partial charge in [0.25, 0.3) is 0 Å². The second kappa shape index (κ2) is 5.64. The van der Waals surface area contributed by atoms with Crippen molar-refractivity contribution >= 4 is 31.6 Å². The number of nitrogens with two attached hydrogens (primary N) is 1. The van der Waals surface area contributed by atoms with E-state index in [1.165, 1.54) is 18.5 Å². The fraction of sp³-hybridized carbons (Fsp3) is 0.0909. The van der Waals surface area contributed by atoms with E-state index < -0.39 is 10.0 Å². The Morgan fingerprint density at radius 1 is 1.32 bits per heavy atom. The summed E-state index contributed by atoms with van der Waals surface area (Å²) in [5, 5.41) is 8.19. The summed E-state index contributed by atoms with van der Waals surface area (Å²) in [6.07, 6.45) is 3.12. The first-order chi connectivity index (χ1) is 8.97. The Kier molecular flexibility index (Phi) is 4.13. The van der Waals surface area contributed by atoms with Gasteiger partial charge in [0, 0.05) is 16.4 Å². The summed E-state index contributed by atoms with van der Waals surface area (Å²) < 4.78 is 23.0. The first kappa shape index (κ1) is 13.9. The van der Waals surface area contributed by atoms with E-state index in [2.05, 4.69) is 31.2 Å². The van der Waals surface area contributed by atoms with Crippen molar-refractivity contribution in [3.05, 3.63) is 47.0 Å². The van der Waals surface area contributed by atoms with Crippen molar-refractivity contribution in [1.29, 1.82) is 0 Å². The number of aromatic nitrogens is 2. The highest BCUT2D eigenvalue weighted by Crippen LogP contribution is 2.25. The molecule has 2 aromatic rings. The quantitative estimate of drug-likeness (QED) is 0.877. The van der Waals surface area contributed by atoms with Gasteiger partial charge in [-0.3, -0.25) is 0 Å². The molecule has 0 aliphatic rings. The van der Waals surface area contributed by atoms with Crippen molar-refractivity contribution < 1.29 is 8.42 Å². The van der Waals surface area contributed by atoms with Gasteiger partial charge in [0.05, 0.1) is 17.1 Å². The maximum absolute atomic E-state index is 11.2. The molecule has 1 heterocycles. The second-order valence-electron chi connectivity index (χ2n) is 3.74. The molecule has 0 atom stereocenters. The summed E-state index contributed by atoms with van der Waals surface area (Å²) in [5.74, 6) is 0. The molecule has 8 heteroatoms. The van der Waals surface area contributed by atoms with E-state index in [9.17, 15) is 8.42 Å². The van der Waals surface area contributed by atoms with E-state index in [-0.39, 0.29) is 4.90 Å². The molecule has 0 amide bonds.